The Bertz CT molecular complexity index is 1460. The topological polar surface area (TPSA) is 59.8 Å². The van der Waals surface area contributed by atoms with E-state index in [1.165, 1.54) is 0 Å². The first-order valence-electron chi connectivity index (χ1n) is 10.2. The quantitative estimate of drug-likeness (QED) is 0.280. The van der Waals surface area contributed by atoms with Gasteiger partial charge in [-0.05, 0) is 54.1 Å². The van der Waals surface area contributed by atoms with Crippen molar-refractivity contribution in [2.45, 2.75) is 6.04 Å². The minimum atomic E-state index is -0.671. The van der Waals surface area contributed by atoms with Crippen LogP contribution in [-0.4, -0.2) is 12.5 Å². The van der Waals surface area contributed by atoms with Gasteiger partial charge >= 0.3 is 0 Å². The molecule has 4 aromatic rings. The number of anilines is 1. The van der Waals surface area contributed by atoms with Crippen molar-refractivity contribution in [1.82, 2.24) is 0 Å². The maximum atomic E-state index is 13.6. The van der Waals surface area contributed by atoms with Crippen LogP contribution in [0.3, 0.4) is 0 Å². The molecule has 3 aromatic carbocycles. The Morgan fingerprint density at radius 3 is 2.61 bits per heavy atom. The van der Waals surface area contributed by atoms with E-state index < -0.39 is 6.04 Å². The summed E-state index contributed by atoms with van der Waals surface area (Å²) < 4.78 is 12.4. The molecule has 5 rings (SSSR count). The highest BCUT2D eigenvalue weighted by molar-refractivity contribution is 9.10. The number of carbonyl (C=O) groups excluding carboxylic acids is 1. The van der Waals surface area contributed by atoms with Crippen LogP contribution < -0.4 is 15.1 Å². The van der Waals surface area contributed by atoms with Gasteiger partial charge in [-0.15, -0.1) is 0 Å². The van der Waals surface area contributed by atoms with E-state index in [0.717, 1.165) is 10.0 Å². The van der Waals surface area contributed by atoms with E-state index in [1.54, 1.807) is 41.3 Å². The minimum absolute atomic E-state index is 0.0341. The van der Waals surface area contributed by atoms with Gasteiger partial charge in [0, 0.05) is 15.2 Å². The Morgan fingerprint density at radius 2 is 1.88 bits per heavy atom. The van der Waals surface area contributed by atoms with Crippen molar-refractivity contribution in [1.29, 1.82) is 0 Å². The summed E-state index contributed by atoms with van der Waals surface area (Å²) in [5.74, 6) is 0.315. The molecule has 0 bridgehead atoms. The molecular weight excluding hydrogens is 506 g/mol. The molecule has 0 N–H and O–H groups in total. The maximum Gasteiger partial charge on any atom is 0.295 e. The monoisotopic (exact) mass is 521 g/mol. The third-order valence-corrected chi connectivity index (χ3v) is 6.21. The summed E-state index contributed by atoms with van der Waals surface area (Å²) >= 11 is 9.61. The van der Waals surface area contributed by atoms with E-state index in [0.29, 0.717) is 34.0 Å². The fourth-order valence-corrected chi connectivity index (χ4v) is 4.61. The molecule has 0 aliphatic carbocycles. The lowest BCUT2D eigenvalue weighted by molar-refractivity contribution is 0.0971. The molecule has 1 aromatic heterocycles. The molecule has 33 heavy (non-hydrogen) atoms. The number of ether oxygens (including phenoxy) is 1. The van der Waals surface area contributed by atoms with Crippen LogP contribution in [0.1, 0.15) is 27.7 Å². The van der Waals surface area contributed by atoms with Gasteiger partial charge in [0.05, 0.1) is 17.0 Å². The molecule has 7 heteroatoms. The van der Waals surface area contributed by atoms with E-state index in [9.17, 15) is 9.59 Å². The van der Waals surface area contributed by atoms with Gasteiger partial charge in [-0.25, -0.2) is 0 Å². The summed E-state index contributed by atoms with van der Waals surface area (Å²) in [6.07, 6.45) is 1.66. The lowest BCUT2D eigenvalue weighted by atomic mass is 9.98. The predicted octanol–water partition coefficient (Wildman–Crippen LogP) is 6.52. The number of hydrogen-bond donors (Lipinski definition) is 0. The Balaban J connectivity index is 1.73. The molecule has 0 spiro atoms. The fourth-order valence-electron chi connectivity index (χ4n) is 4.05. The lowest BCUT2D eigenvalue weighted by Crippen LogP contribution is -2.29. The highest BCUT2D eigenvalue weighted by Gasteiger charge is 2.43. The van der Waals surface area contributed by atoms with Gasteiger partial charge in [0.1, 0.15) is 17.9 Å². The first-order valence-corrected chi connectivity index (χ1v) is 11.3. The molecule has 1 unspecified atom stereocenters. The number of amides is 1. The van der Waals surface area contributed by atoms with E-state index in [-0.39, 0.29) is 22.7 Å². The summed E-state index contributed by atoms with van der Waals surface area (Å²) in [5, 5.41) is 0.754. The molecule has 1 aliphatic rings. The molecule has 1 atom stereocenters. The second-order valence-corrected chi connectivity index (χ2v) is 8.89. The summed E-state index contributed by atoms with van der Waals surface area (Å²) in [5.41, 5.74) is 1.71. The van der Waals surface area contributed by atoms with Gasteiger partial charge in [0.15, 0.2) is 5.43 Å². The largest absolute Gasteiger partial charge is 0.490 e. The van der Waals surface area contributed by atoms with Crippen LogP contribution in [-0.2, 0) is 0 Å². The molecule has 1 amide bonds. The number of carbonyl (C=O) groups is 1. The Morgan fingerprint density at radius 1 is 1.09 bits per heavy atom. The standard InChI is InChI=1S/C26H17BrClNO4/c1-2-12-32-19-9-6-15(7-10-19)23-22-24(30)20-14-17(28)8-11-21(20)33-25(22)26(31)29(23)18-5-3-4-16(27)13-18/h2-11,13-14,23H,1,12H2. The lowest BCUT2D eigenvalue weighted by Gasteiger charge is -2.25. The first kappa shape index (κ1) is 21.5. The van der Waals surface area contributed by atoms with Crippen LogP contribution in [0.4, 0.5) is 5.69 Å². The van der Waals surface area contributed by atoms with Gasteiger partial charge in [0.25, 0.3) is 5.91 Å². The Kier molecular flexibility index (Phi) is 5.56. The molecular formula is C26H17BrClNO4. The number of benzene rings is 3. The van der Waals surface area contributed by atoms with Crippen LogP contribution in [0, 0.1) is 0 Å². The van der Waals surface area contributed by atoms with Crippen molar-refractivity contribution in [3.63, 3.8) is 0 Å². The SMILES string of the molecule is C=CCOc1ccc(C2c3c(oc4ccc(Cl)cc4c3=O)C(=O)N2c2cccc(Br)c2)cc1. The van der Waals surface area contributed by atoms with Crippen LogP contribution >= 0.6 is 27.5 Å². The van der Waals surface area contributed by atoms with E-state index in [2.05, 4.69) is 22.5 Å². The van der Waals surface area contributed by atoms with Gasteiger partial charge in [-0.1, -0.05) is 58.4 Å². The molecule has 5 nitrogen and oxygen atoms in total. The summed E-state index contributed by atoms with van der Waals surface area (Å²) in [4.78, 5) is 28.8. The molecule has 0 fully saturated rings. The van der Waals surface area contributed by atoms with Gasteiger partial charge < -0.3 is 9.15 Å². The van der Waals surface area contributed by atoms with Crippen LogP contribution in [0.25, 0.3) is 11.0 Å². The van der Waals surface area contributed by atoms with Crippen molar-refractivity contribution in [2.75, 3.05) is 11.5 Å². The van der Waals surface area contributed by atoms with Gasteiger partial charge in [0.2, 0.25) is 5.76 Å². The molecule has 1 aliphatic heterocycles. The fraction of sp³-hybridized carbons (Fsp3) is 0.0769. The van der Waals surface area contributed by atoms with Crippen LogP contribution in [0.2, 0.25) is 5.02 Å². The zero-order valence-electron chi connectivity index (χ0n) is 17.3. The second kappa shape index (κ2) is 8.54. The average molecular weight is 523 g/mol. The Hall–Kier alpha value is -3.35. The number of halogens is 2. The zero-order chi connectivity index (χ0) is 23.1. The van der Waals surface area contributed by atoms with Crippen molar-refractivity contribution >= 4 is 50.1 Å². The van der Waals surface area contributed by atoms with Crippen LogP contribution in [0.15, 0.2) is 93.1 Å². The number of fused-ring (bicyclic) bond motifs is 2. The molecule has 2 heterocycles. The third-order valence-electron chi connectivity index (χ3n) is 5.48. The molecule has 0 saturated carbocycles. The van der Waals surface area contributed by atoms with Gasteiger partial charge in [-0.2, -0.15) is 0 Å². The molecule has 164 valence electrons. The second-order valence-electron chi connectivity index (χ2n) is 7.54. The van der Waals surface area contributed by atoms with Crippen molar-refractivity contribution in [2.24, 2.45) is 0 Å². The summed E-state index contributed by atoms with van der Waals surface area (Å²) in [7, 11) is 0. The third kappa shape index (κ3) is 3.75. The highest BCUT2D eigenvalue weighted by atomic mass is 79.9. The minimum Gasteiger partial charge on any atom is -0.490 e. The normalized spacial score (nSPS) is 15.0. The number of hydrogen-bond acceptors (Lipinski definition) is 4. The first-order chi connectivity index (χ1) is 16.0. The summed E-state index contributed by atoms with van der Waals surface area (Å²) in [6.45, 7) is 4.03. The molecule has 0 radical (unpaired) electrons. The number of rotatable bonds is 5. The highest BCUT2D eigenvalue weighted by Crippen LogP contribution is 2.42. The predicted molar refractivity (Wildman–Crippen MR) is 132 cm³/mol. The Labute approximate surface area is 203 Å². The van der Waals surface area contributed by atoms with Crippen LogP contribution in [0.5, 0.6) is 5.75 Å². The average Bonchev–Trinajstić information content (AvgIpc) is 3.11. The van der Waals surface area contributed by atoms with E-state index in [4.69, 9.17) is 20.8 Å². The van der Waals surface area contributed by atoms with Crippen molar-refractivity contribution in [3.05, 3.63) is 116 Å². The van der Waals surface area contributed by atoms with E-state index >= 15 is 0 Å². The maximum absolute atomic E-state index is 13.6. The summed E-state index contributed by atoms with van der Waals surface area (Å²) in [6, 6.07) is 18.8. The van der Waals surface area contributed by atoms with E-state index in [1.807, 2.05) is 36.4 Å². The van der Waals surface area contributed by atoms with Crippen molar-refractivity contribution < 1.29 is 13.9 Å². The molecule has 0 saturated heterocycles. The van der Waals surface area contributed by atoms with Gasteiger partial charge in [-0.3, -0.25) is 14.5 Å². The number of nitrogens with zero attached hydrogens (tertiary/aromatic N) is 1. The van der Waals surface area contributed by atoms with Crippen molar-refractivity contribution in [3.8, 4) is 5.75 Å². The zero-order valence-corrected chi connectivity index (χ0v) is 19.6. The smallest absolute Gasteiger partial charge is 0.295 e.